The Labute approximate surface area is 124 Å². The van der Waals surface area contributed by atoms with Gasteiger partial charge >= 0.3 is 6.01 Å². The molecular weight excluding hydrogens is 264 g/mol. The molecule has 2 N–H and O–H groups in total. The minimum atomic E-state index is 0.263. The van der Waals surface area contributed by atoms with Crippen molar-refractivity contribution in [3.8, 4) is 11.8 Å². The first-order valence-electron chi connectivity index (χ1n) is 7.07. The maximum Gasteiger partial charge on any atom is 0.341 e. The molecule has 5 nitrogen and oxygen atoms in total. The summed E-state index contributed by atoms with van der Waals surface area (Å²) in [4.78, 5) is 4.43. The highest BCUT2D eigenvalue weighted by Crippen LogP contribution is 2.26. The van der Waals surface area contributed by atoms with E-state index >= 15 is 0 Å². The van der Waals surface area contributed by atoms with Crippen LogP contribution in [0.5, 0.6) is 11.8 Å². The Bertz CT molecular complexity index is 640. The lowest BCUT2D eigenvalue weighted by molar-refractivity contribution is 0.425. The molecular formula is C16H20N4O. The van der Waals surface area contributed by atoms with Crippen LogP contribution in [0.25, 0.3) is 0 Å². The van der Waals surface area contributed by atoms with Crippen molar-refractivity contribution in [3.05, 3.63) is 47.8 Å². The number of nitrogen functional groups attached to an aromatic ring is 1. The van der Waals surface area contributed by atoms with E-state index in [4.69, 9.17) is 10.5 Å². The molecule has 0 fully saturated rings. The van der Waals surface area contributed by atoms with E-state index in [9.17, 15) is 0 Å². The zero-order chi connectivity index (χ0) is 15.2. The van der Waals surface area contributed by atoms with Gasteiger partial charge in [0.25, 0.3) is 0 Å². The third kappa shape index (κ3) is 3.56. The average Bonchev–Trinajstić information content (AvgIpc) is 2.50. The van der Waals surface area contributed by atoms with Crippen LogP contribution < -0.4 is 10.5 Å². The zero-order valence-corrected chi connectivity index (χ0v) is 12.5. The number of anilines is 1. The van der Waals surface area contributed by atoms with Crippen molar-refractivity contribution in [1.29, 1.82) is 0 Å². The maximum absolute atomic E-state index is 5.80. The summed E-state index contributed by atoms with van der Waals surface area (Å²) in [5, 5.41) is 8.21. The third-order valence-corrected chi connectivity index (χ3v) is 3.14. The molecule has 0 saturated carbocycles. The Morgan fingerprint density at radius 3 is 2.62 bits per heavy atom. The highest BCUT2D eigenvalue weighted by molar-refractivity contribution is 5.49. The summed E-state index contributed by atoms with van der Waals surface area (Å²) >= 11 is 0. The second-order valence-electron chi connectivity index (χ2n) is 4.66. The predicted molar refractivity (Wildman–Crippen MR) is 83.4 cm³/mol. The lowest BCUT2D eigenvalue weighted by Crippen LogP contribution is -2.05. The van der Waals surface area contributed by atoms with E-state index in [0.29, 0.717) is 17.9 Å². The van der Waals surface area contributed by atoms with E-state index in [1.807, 2.05) is 26.0 Å². The van der Waals surface area contributed by atoms with Crippen LogP contribution in [0.15, 0.2) is 30.9 Å². The molecule has 1 aromatic carbocycles. The normalized spacial score (nSPS) is 10.4. The molecule has 0 aliphatic heterocycles. The first kappa shape index (κ1) is 15.0. The molecule has 0 radical (unpaired) electrons. The lowest BCUT2D eigenvalue weighted by atomic mass is 10.1. The van der Waals surface area contributed by atoms with Crippen molar-refractivity contribution in [2.24, 2.45) is 0 Å². The summed E-state index contributed by atoms with van der Waals surface area (Å²) < 4.78 is 5.77. The number of aryl methyl sites for hydroxylation is 2. The van der Waals surface area contributed by atoms with Crippen LogP contribution >= 0.6 is 0 Å². The number of nitrogens with zero attached hydrogens (tertiary/aromatic N) is 3. The van der Waals surface area contributed by atoms with Gasteiger partial charge in [0.1, 0.15) is 5.75 Å². The summed E-state index contributed by atoms with van der Waals surface area (Å²) in [6, 6.07) is 5.73. The first-order chi connectivity index (χ1) is 10.2. The number of aromatic nitrogens is 3. The van der Waals surface area contributed by atoms with Crippen LogP contribution in [-0.2, 0) is 19.3 Å². The van der Waals surface area contributed by atoms with Gasteiger partial charge in [-0.05, 0) is 37.5 Å². The summed E-state index contributed by atoms with van der Waals surface area (Å²) in [7, 11) is 0. The van der Waals surface area contributed by atoms with Crippen LogP contribution in [0.3, 0.4) is 0 Å². The van der Waals surface area contributed by atoms with Gasteiger partial charge in [0.2, 0.25) is 0 Å². The standard InChI is InChI=1S/C16H20N4O/c1-4-7-11-10-12(17)8-9-15(11)21-16-18-13(5-2)14(6-3)19-20-16/h4,8-10H,1,5-7,17H2,2-3H3. The summed E-state index contributed by atoms with van der Waals surface area (Å²) in [6.45, 7) is 7.82. The Kier molecular flexibility index (Phi) is 4.87. The molecule has 5 heteroatoms. The van der Waals surface area contributed by atoms with E-state index in [1.54, 1.807) is 12.1 Å². The van der Waals surface area contributed by atoms with E-state index in [1.165, 1.54) is 0 Å². The summed E-state index contributed by atoms with van der Waals surface area (Å²) in [5.41, 5.74) is 9.27. The summed E-state index contributed by atoms with van der Waals surface area (Å²) in [5.74, 6) is 0.678. The van der Waals surface area contributed by atoms with E-state index in [-0.39, 0.29) is 6.01 Å². The monoisotopic (exact) mass is 284 g/mol. The number of nitrogens with two attached hydrogens (primary N) is 1. The van der Waals surface area contributed by atoms with Crippen molar-refractivity contribution >= 4 is 5.69 Å². The lowest BCUT2D eigenvalue weighted by Gasteiger charge is -2.10. The van der Waals surface area contributed by atoms with Crippen molar-refractivity contribution in [3.63, 3.8) is 0 Å². The molecule has 0 unspecified atom stereocenters. The second-order valence-corrected chi connectivity index (χ2v) is 4.66. The molecule has 2 rings (SSSR count). The van der Waals surface area contributed by atoms with Crippen LogP contribution in [0, 0.1) is 0 Å². The highest BCUT2D eigenvalue weighted by atomic mass is 16.5. The minimum absolute atomic E-state index is 0.263. The fraction of sp³-hybridized carbons (Fsp3) is 0.312. The van der Waals surface area contributed by atoms with Gasteiger partial charge in [0.05, 0.1) is 11.4 Å². The molecule has 0 amide bonds. The quantitative estimate of drug-likeness (QED) is 0.651. The molecule has 110 valence electrons. The van der Waals surface area contributed by atoms with Crippen LogP contribution in [0.1, 0.15) is 30.8 Å². The second kappa shape index (κ2) is 6.83. The molecule has 0 atom stereocenters. The smallest absolute Gasteiger partial charge is 0.341 e. The zero-order valence-electron chi connectivity index (χ0n) is 12.5. The van der Waals surface area contributed by atoms with Crippen molar-refractivity contribution < 1.29 is 4.74 Å². The Hall–Kier alpha value is -2.43. The predicted octanol–water partition coefficient (Wildman–Crippen LogP) is 3.10. The Morgan fingerprint density at radius 1 is 1.19 bits per heavy atom. The number of rotatable bonds is 6. The highest BCUT2D eigenvalue weighted by Gasteiger charge is 2.10. The van der Waals surface area contributed by atoms with E-state index in [0.717, 1.165) is 29.8 Å². The van der Waals surface area contributed by atoms with E-state index in [2.05, 4.69) is 21.8 Å². The number of allylic oxidation sites excluding steroid dienone is 1. The van der Waals surface area contributed by atoms with E-state index < -0.39 is 0 Å². The maximum atomic E-state index is 5.80. The van der Waals surface area contributed by atoms with Gasteiger partial charge in [-0.1, -0.05) is 25.0 Å². The van der Waals surface area contributed by atoms with Gasteiger partial charge in [-0.15, -0.1) is 11.7 Å². The van der Waals surface area contributed by atoms with Crippen LogP contribution in [0.2, 0.25) is 0 Å². The largest absolute Gasteiger partial charge is 0.423 e. The van der Waals surface area contributed by atoms with Crippen LogP contribution in [0.4, 0.5) is 5.69 Å². The fourth-order valence-corrected chi connectivity index (χ4v) is 2.08. The molecule has 0 bridgehead atoms. The number of ether oxygens (including phenoxy) is 1. The Morgan fingerprint density at radius 2 is 1.95 bits per heavy atom. The van der Waals surface area contributed by atoms with Crippen molar-refractivity contribution in [2.45, 2.75) is 33.1 Å². The van der Waals surface area contributed by atoms with Gasteiger partial charge in [-0.25, -0.2) is 0 Å². The average molecular weight is 284 g/mol. The molecule has 1 heterocycles. The fourth-order valence-electron chi connectivity index (χ4n) is 2.08. The van der Waals surface area contributed by atoms with Gasteiger partial charge < -0.3 is 10.5 Å². The number of hydrogen-bond donors (Lipinski definition) is 1. The van der Waals surface area contributed by atoms with Gasteiger partial charge in [-0.2, -0.15) is 4.98 Å². The third-order valence-electron chi connectivity index (χ3n) is 3.14. The van der Waals surface area contributed by atoms with Gasteiger partial charge in [-0.3, -0.25) is 0 Å². The van der Waals surface area contributed by atoms with Crippen molar-refractivity contribution in [2.75, 3.05) is 5.73 Å². The molecule has 0 saturated heterocycles. The SMILES string of the molecule is C=CCc1cc(N)ccc1Oc1nnc(CC)c(CC)n1. The first-order valence-corrected chi connectivity index (χ1v) is 7.07. The summed E-state index contributed by atoms with van der Waals surface area (Å²) in [6.07, 6.45) is 4.09. The number of benzene rings is 1. The minimum Gasteiger partial charge on any atom is -0.423 e. The Balaban J connectivity index is 2.31. The molecule has 21 heavy (non-hydrogen) atoms. The van der Waals surface area contributed by atoms with Gasteiger partial charge in [0, 0.05) is 11.3 Å². The molecule has 0 spiro atoms. The molecule has 0 aliphatic rings. The topological polar surface area (TPSA) is 73.9 Å². The molecule has 0 aliphatic carbocycles. The number of hydrogen-bond acceptors (Lipinski definition) is 5. The van der Waals surface area contributed by atoms with Gasteiger partial charge in [0.15, 0.2) is 0 Å². The van der Waals surface area contributed by atoms with Crippen LogP contribution in [-0.4, -0.2) is 15.2 Å². The molecule has 2 aromatic rings. The molecule has 1 aromatic heterocycles. The van der Waals surface area contributed by atoms with Crippen molar-refractivity contribution in [1.82, 2.24) is 15.2 Å².